The summed E-state index contributed by atoms with van der Waals surface area (Å²) < 4.78 is 1.88. The number of amides is 2. The molecule has 0 spiro atoms. The van der Waals surface area contributed by atoms with Gasteiger partial charge in [0.15, 0.2) is 5.78 Å². The van der Waals surface area contributed by atoms with Crippen molar-refractivity contribution in [1.82, 2.24) is 19.5 Å². The zero-order valence-corrected chi connectivity index (χ0v) is 18.9. The van der Waals surface area contributed by atoms with Crippen molar-refractivity contribution in [3.05, 3.63) is 71.4 Å². The predicted molar refractivity (Wildman–Crippen MR) is 129 cm³/mol. The van der Waals surface area contributed by atoms with Crippen molar-refractivity contribution in [2.45, 2.75) is 33.7 Å². The summed E-state index contributed by atoms with van der Waals surface area (Å²) in [5, 5.41) is 6.03. The molecule has 0 saturated heterocycles. The van der Waals surface area contributed by atoms with Crippen molar-refractivity contribution in [3.63, 3.8) is 0 Å². The highest BCUT2D eigenvalue weighted by Gasteiger charge is 2.22. The van der Waals surface area contributed by atoms with Crippen molar-refractivity contribution < 1.29 is 9.59 Å². The zero-order chi connectivity index (χ0) is 23.7. The second kappa shape index (κ2) is 8.70. The third kappa shape index (κ3) is 4.52. The highest BCUT2D eigenvalue weighted by Crippen LogP contribution is 2.28. The van der Waals surface area contributed by atoms with Crippen LogP contribution in [0.2, 0.25) is 0 Å². The van der Waals surface area contributed by atoms with Gasteiger partial charge < -0.3 is 20.9 Å². The number of carbonyl (C=O) groups is 2. The molecule has 4 rings (SSSR count). The molecule has 4 N–H and O–H groups in total. The summed E-state index contributed by atoms with van der Waals surface area (Å²) in [5.41, 5.74) is 10.5. The van der Waals surface area contributed by atoms with Gasteiger partial charge in [0.05, 0.1) is 22.8 Å². The number of benzene rings is 1. The van der Waals surface area contributed by atoms with Gasteiger partial charge in [0.1, 0.15) is 17.8 Å². The number of pyridine rings is 1. The number of aromatic nitrogens is 4. The molecule has 0 aliphatic heterocycles. The van der Waals surface area contributed by atoms with E-state index in [9.17, 15) is 9.59 Å². The van der Waals surface area contributed by atoms with E-state index in [1.807, 2.05) is 50.5 Å². The van der Waals surface area contributed by atoms with Crippen LogP contribution in [0.3, 0.4) is 0 Å². The van der Waals surface area contributed by atoms with Crippen LogP contribution in [0.4, 0.5) is 22.0 Å². The topological polar surface area (TPSA) is 128 Å². The highest BCUT2D eigenvalue weighted by atomic mass is 16.2. The zero-order valence-electron chi connectivity index (χ0n) is 18.9. The summed E-state index contributed by atoms with van der Waals surface area (Å²) in [6.45, 7) is 7.91. The quantitative estimate of drug-likeness (QED) is 0.390. The van der Waals surface area contributed by atoms with Crippen molar-refractivity contribution in [3.8, 4) is 0 Å². The average molecular weight is 444 g/mol. The molecule has 4 aromatic rings. The van der Waals surface area contributed by atoms with Crippen molar-refractivity contribution >= 4 is 40.0 Å². The number of nitrogens with two attached hydrogens (primary N) is 1. The Hall–Kier alpha value is -4.27. The van der Waals surface area contributed by atoms with E-state index in [1.165, 1.54) is 18.7 Å². The molecule has 0 unspecified atom stereocenters. The Labute approximate surface area is 191 Å². The standard InChI is InChI=1S/C24H25N7O2/c1-13(2)31-11-19(20-22(25)27-12-28-23(20)31)21(32)16-8-18(10-26-9-16)30-24(33)29-17-6-14(3)5-15(4)7-17/h5-13H,1-4H3,(H2,25,27,28)(H2,29,30,33). The Morgan fingerprint density at radius 3 is 2.36 bits per heavy atom. The molecule has 9 heteroatoms. The first-order valence-corrected chi connectivity index (χ1v) is 10.5. The van der Waals surface area contributed by atoms with Crippen molar-refractivity contribution in [1.29, 1.82) is 0 Å². The lowest BCUT2D eigenvalue weighted by Gasteiger charge is -2.10. The maximum absolute atomic E-state index is 13.4. The Morgan fingerprint density at radius 2 is 1.67 bits per heavy atom. The van der Waals surface area contributed by atoms with E-state index in [-0.39, 0.29) is 17.6 Å². The molecule has 0 radical (unpaired) electrons. The van der Waals surface area contributed by atoms with Crippen LogP contribution in [0, 0.1) is 13.8 Å². The highest BCUT2D eigenvalue weighted by molar-refractivity contribution is 6.18. The third-order valence-electron chi connectivity index (χ3n) is 5.18. The molecule has 3 heterocycles. The molecule has 0 aliphatic carbocycles. The van der Waals surface area contributed by atoms with Gasteiger partial charge in [-0.2, -0.15) is 0 Å². The number of urea groups is 1. The Bertz CT molecular complexity index is 1350. The Balaban J connectivity index is 1.60. The molecule has 1 aromatic carbocycles. The van der Waals surface area contributed by atoms with E-state index in [1.54, 1.807) is 12.3 Å². The van der Waals surface area contributed by atoms with Crippen molar-refractivity contribution in [2.75, 3.05) is 16.4 Å². The lowest BCUT2D eigenvalue weighted by Crippen LogP contribution is -2.20. The number of nitrogens with zero attached hydrogens (tertiary/aromatic N) is 4. The average Bonchev–Trinajstić information content (AvgIpc) is 3.14. The third-order valence-corrected chi connectivity index (χ3v) is 5.18. The summed E-state index contributed by atoms with van der Waals surface area (Å²) in [6.07, 6.45) is 6.04. The number of fused-ring (bicyclic) bond motifs is 1. The molecule has 0 saturated carbocycles. The minimum absolute atomic E-state index is 0.0726. The molecule has 0 aliphatic rings. The number of carbonyl (C=O) groups excluding carboxylic acids is 2. The Kier molecular flexibility index (Phi) is 5.78. The summed E-state index contributed by atoms with van der Waals surface area (Å²) in [5.74, 6) is -0.0513. The number of hydrogen-bond donors (Lipinski definition) is 3. The molecule has 33 heavy (non-hydrogen) atoms. The fourth-order valence-electron chi connectivity index (χ4n) is 3.80. The van der Waals surface area contributed by atoms with Gasteiger partial charge in [-0.3, -0.25) is 9.78 Å². The molecule has 0 bridgehead atoms. The number of nitrogens with one attached hydrogen (secondary N) is 2. The fourth-order valence-corrected chi connectivity index (χ4v) is 3.80. The predicted octanol–water partition coefficient (Wildman–Crippen LogP) is 4.48. The minimum atomic E-state index is -0.430. The number of nitrogen functional groups attached to an aromatic ring is 1. The first-order valence-electron chi connectivity index (χ1n) is 10.5. The monoisotopic (exact) mass is 443 g/mol. The number of hydrogen-bond acceptors (Lipinski definition) is 6. The number of rotatable bonds is 5. The summed E-state index contributed by atoms with van der Waals surface area (Å²) in [4.78, 5) is 38.3. The van der Waals surface area contributed by atoms with E-state index >= 15 is 0 Å². The van der Waals surface area contributed by atoms with Crippen LogP contribution in [0.25, 0.3) is 11.0 Å². The van der Waals surface area contributed by atoms with Crippen molar-refractivity contribution in [2.24, 2.45) is 0 Å². The number of anilines is 3. The number of aryl methyl sites for hydroxylation is 2. The van der Waals surface area contributed by atoms with Crippen LogP contribution >= 0.6 is 0 Å². The molecule has 9 nitrogen and oxygen atoms in total. The van der Waals surface area contributed by atoms with Gasteiger partial charge in [0.2, 0.25) is 0 Å². The van der Waals surface area contributed by atoms with E-state index in [0.29, 0.717) is 33.5 Å². The lowest BCUT2D eigenvalue weighted by atomic mass is 10.1. The van der Waals surface area contributed by atoms with Gasteiger partial charge >= 0.3 is 6.03 Å². The van der Waals surface area contributed by atoms with E-state index in [4.69, 9.17) is 5.73 Å². The van der Waals surface area contributed by atoms with Gasteiger partial charge in [0, 0.05) is 29.7 Å². The van der Waals surface area contributed by atoms with Gasteiger partial charge in [-0.15, -0.1) is 0 Å². The molecular weight excluding hydrogens is 418 g/mol. The van der Waals surface area contributed by atoms with Crippen LogP contribution in [0.15, 0.2) is 49.2 Å². The van der Waals surface area contributed by atoms with Crippen LogP contribution in [-0.2, 0) is 0 Å². The first kappa shape index (κ1) is 21.9. The fraction of sp³-hybridized carbons (Fsp3) is 0.208. The summed E-state index contributed by atoms with van der Waals surface area (Å²) >= 11 is 0. The SMILES string of the molecule is Cc1cc(C)cc(NC(=O)Nc2cncc(C(=O)c3cn(C(C)C)c4ncnc(N)c34)c2)c1. The normalized spacial score (nSPS) is 11.1. The van der Waals surface area contributed by atoms with Gasteiger partial charge in [-0.25, -0.2) is 14.8 Å². The molecular formula is C24H25N7O2. The van der Waals surface area contributed by atoms with Crippen LogP contribution in [0.5, 0.6) is 0 Å². The second-order valence-corrected chi connectivity index (χ2v) is 8.25. The maximum Gasteiger partial charge on any atom is 0.323 e. The molecule has 3 aromatic heterocycles. The summed E-state index contributed by atoms with van der Waals surface area (Å²) in [6, 6.07) is 7.00. The van der Waals surface area contributed by atoms with E-state index in [0.717, 1.165) is 11.1 Å². The van der Waals surface area contributed by atoms with Crippen LogP contribution in [-0.4, -0.2) is 31.3 Å². The number of ketones is 1. The van der Waals surface area contributed by atoms with Gasteiger partial charge in [-0.05, 0) is 57.0 Å². The molecule has 0 fully saturated rings. The van der Waals surface area contributed by atoms with Gasteiger partial charge in [-0.1, -0.05) is 6.07 Å². The van der Waals surface area contributed by atoms with Gasteiger partial charge in [0.25, 0.3) is 0 Å². The Morgan fingerprint density at radius 1 is 0.970 bits per heavy atom. The largest absolute Gasteiger partial charge is 0.383 e. The van der Waals surface area contributed by atoms with E-state index in [2.05, 4.69) is 25.6 Å². The minimum Gasteiger partial charge on any atom is -0.383 e. The van der Waals surface area contributed by atoms with Crippen LogP contribution < -0.4 is 16.4 Å². The lowest BCUT2D eigenvalue weighted by molar-refractivity contribution is 0.103. The summed E-state index contributed by atoms with van der Waals surface area (Å²) in [7, 11) is 0. The molecule has 2 amide bonds. The maximum atomic E-state index is 13.4. The van der Waals surface area contributed by atoms with Crippen LogP contribution in [0.1, 0.15) is 46.9 Å². The first-order chi connectivity index (χ1) is 15.7. The second-order valence-electron chi connectivity index (χ2n) is 8.25. The van der Waals surface area contributed by atoms with E-state index < -0.39 is 6.03 Å². The smallest absolute Gasteiger partial charge is 0.323 e. The molecule has 0 atom stereocenters. The molecule has 168 valence electrons.